The van der Waals surface area contributed by atoms with Crippen molar-refractivity contribution in [2.24, 2.45) is 5.92 Å². The summed E-state index contributed by atoms with van der Waals surface area (Å²) < 4.78 is 26.5. The van der Waals surface area contributed by atoms with Gasteiger partial charge in [-0.2, -0.15) is 0 Å². The molecular formula is C14H22N2O4S. The second-order valence-electron chi connectivity index (χ2n) is 5.33. The van der Waals surface area contributed by atoms with Crippen LogP contribution in [0.2, 0.25) is 0 Å². The number of aliphatic hydroxyl groups excluding tert-OH is 1. The molecule has 0 aliphatic carbocycles. The molecule has 6 nitrogen and oxygen atoms in total. The van der Waals surface area contributed by atoms with Crippen molar-refractivity contribution in [3.63, 3.8) is 0 Å². The van der Waals surface area contributed by atoms with Crippen LogP contribution in [0, 0.1) is 5.92 Å². The van der Waals surface area contributed by atoms with E-state index < -0.39 is 10.0 Å². The third kappa shape index (κ3) is 5.45. The van der Waals surface area contributed by atoms with Gasteiger partial charge >= 0.3 is 0 Å². The molecule has 7 heteroatoms. The van der Waals surface area contributed by atoms with Crippen LogP contribution in [0.1, 0.15) is 31.1 Å². The van der Waals surface area contributed by atoms with Crippen molar-refractivity contribution in [2.45, 2.75) is 31.7 Å². The minimum Gasteiger partial charge on any atom is -0.394 e. The summed E-state index contributed by atoms with van der Waals surface area (Å²) >= 11 is 0. The van der Waals surface area contributed by atoms with Gasteiger partial charge in [0, 0.05) is 18.2 Å². The Balaban J connectivity index is 2.80. The van der Waals surface area contributed by atoms with Crippen molar-refractivity contribution in [1.29, 1.82) is 0 Å². The number of carbonyl (C=O) groups is 1. The molecule has 1 aromatic rings. The number of rotatable bonds is 7. The predicted octanol–water partition coefficient (Wildman–Crippen LogP) is 0.732. The second kappa shape index (κ2) is 7.53. The normalized spacial score (nSPS) is 13.2. The number of hydrogen-bond acceptors (Lipinski definition) is 4. The van der Waals surface area contributed by atoms with Gasteiger partial charge < -0.3 is 10.4 Å². The van der Waals surface area contributed by atoms with Crippen molar-refractivity contribution >= 4 is 15.9 Å². The van der Waals surface area contributed by atoms with Crippen LogP contribution in [-0.4, -0.2) is 38.6 Å². The first kappa shape index (κ1) is 17.6. The average Bonchev–Trinajstić information content (AvgIpc) is 2.45. The highest BCUT2D eigenvalue weighted by Crippen LogP contribution is 2.11. The molecule has 1 unspecified atom stereocenters. The molecule has 0 radical (unpaired) electrons. The van der Waals surface area contributed by atoms with Gasteiger partial charge in [0.2, 0.25) is 10.0 Å². The van der Waals surface area contributed by atoms with Crippen LogP contribution in [0.4, 0.5) is 0 Å². The Morgan fingerprint density at radius 1 is 1.19 bits per heavy atom. The van der Waals surface area contributed by atoms with Crippen molar-refractivity contribution in [2.75, 3.05) is 13.2 Å². The number of benzene rings is 1. The van der Waals surface area contributed by atoms with E-state index in [2.05, 4.69) is 10.0 Å². The molecule has 1 atom stereocenters. The Morgan fingerprint density at radius 3 is 2.24 bits per heavy atom. The second-order valence-corrected chi connectivity index (χ2v) is 7.09. The van der Waals surface area contributed by atoms with Gasteiger partial charge in [-0.25, -0.2) is 13.1 Å². The molecular weight excluding hydrogens is 292 g/mol. The molecule has 0 spiro atoms. The van der Waals surface area contributed by atoms with E-state index in [1.54, 1.807) is 6.92 Å². The van der Waals surface area contributed by atoms with Crippen LogP contribution in [0.3, 0.4) is 0 Å². The quantitative estimate of drug-likeness (QED) is 0.691. The Labute approximate surface area is 125 Å². The molecule has 3 N–H and O–H groups in total. The maximum atomic E-state index is 12.0. The Kier molecular flexibility index (Phi) is 6.32. The zero-order valence-corrected chi connectivity index (χ0v) is 13.3. The highest BCUT2D eigenvalue weighted by molar-refractivity contribution is 7.89. The number of aliphatic hydroxyl groups is 1. The van der Waals surface area contributed by atoms with Crippen molar-refractivity contribution in [1.82, 2.24) is 10.0 Å². The van der Waals surface area contributed by atoms with E-state index in [1.807, 2.05) is 13.8 Å². The molecule has 0 bridgehead atoms. The fourth-order valence-corrected chi connectivity index (χ4v) is 2.71. The average molecular weight is 314 g/mol. The third-order valence-electron chi connectivity index (χ3n) is 2.76. The maximum absolute atomic E-state index is 12.0. The largest absolute Gasteiger partial charge is 0.394 e. The van der Waals surface area contributed by atoms with E-state index >= 15 is 0 Å². The summed E-state index contributed by atoms with van der Waals surface area (Å²) in [7, 11) is -3.55. The predicted molar refractivity (Wildman–Crippen MR) is 80.5 cm³/mol. The Hall–Kier alpha value is -1.44. The van der Waals surface area contributed by atoms with Crippen molar-refractivity contribution < 1.29 is 18.3 Å². The molecule has 0 fully saturated rings. The van der Waals surface area contributed by atoms with Gasteiger partial charge in [0.1, 0.15) is 0 Å². The smallest absolute Gasteiger partial charge is 0.251 e. The summed E-state index contributed by atoms with van der Waals surface area (Å²) in [5.41, 5.74) is 0.345. The standard InChI is InChI=1S/C14H22N2O4S/c1-10(2)8-15-21(19,20)13-6-4-12(5-7-13)14(18)16-11(3)9-17/h4-7,10-11,15,17H,8-9H2,1-3H3,(H,16,18). The SMILES string of the molecule is CC(C)CNS(=O)(=O)c1ccc(C(=O)NC(C)CO)cc1. The minimum absolute atomic E-state index is 0.120. The lowest BCUT2D eigenvalue weighted by Gasteiger charge is -2.12. The van der Waals surface area contributed by atoms with Crippen molar-refractivity contribution in [3.8, 4) is 0 Å². The van der Waals surface area contributed by atoms with Gasteiger partial charge in [-0.05, 0) is 37.1 Å². The number of sulfonamides is 1. The zero-order chi connectivity index (χ0) is 16.0. The number of carbonyl (C=O) groups excluding carboxylic acids is 1. The van der Waals surface area contributed by atoms with Crippen LogP contribution in [-0.2, 0) is 10.0 Å². The number of nitrogens with one attached hydrogen (secondary N) is 2. The van der Waals surface area contributed by atoms with Gasteiger partial charge in [0.15, 0.2) is 0 Å². The van der Waals surface area contributed by atoms with Gasteiger partial charge in [-0.3, -0.25) is 4.79 Å². The molecule has 1 rings (SSSR count). The lowest BCUT2D eigenvalue weighted by molar-refractivity contribution is 0.0922. The van der Waals surface area contributed by atoms with E-state index in [-0.39, 0.29) is 29.4 Å². The van der Waals surface area contributed by atoms with Crippen LogP contribution in [0.5, 0.6) is 0 Å². The molecule has 1 aromatic carbocycles. The molecule has 118 valence electrons. The zero-order valence-electron chi connectivity index (χ0n) is 12.5. The first-order valence-electron chi connectivity index (χ1n) is 6.77. The van der Waals surface area contributed by atoms with Gasteiger partial charge in [0.05, 0.1) is 11.5 Å². The van der Waals surface area contributed by atoms with Crippen LogP contribution in [0.15, 0.2) is 29.2 Å². The monoisotopic (exact) mass is 314 g/mol. The number of amides is 1. The van der Waals surface area contributed by atoms with E-state index in [9.17, 15) is 13.2 Å². The fraction of sp³-hybridized carbons (Fsp3) is 0.500. The highest BCUT2D eigenvalue weighted by Gasteiger charge is 2.15. The van der Waals surface area contributed by atoms with E-state index in [1.165, 1.54) is 24.3 Å². The molecule has 21 heavy (non-hydrogen) atoms. The Morgan fingerprint density at radius 2 is 1.76 bits per heavy atom. The maximum Gasteiger partial charge on any atom is 0.251 e. The van der Waals surface area contributed by atoms with Gasteiger partial charge in [-0.15, -0.1) is 0 Å². The van der Waals surface area contributed by atoms with Crippen LogP contribution < -0.4 is 10.0 Å². The molecule has 0 saturated heterocycles. The van der Waals surface area contributed by atoms with E-state index in [0.717, 1.165) is 0 Å². The highest BCUT2D eigenvalue weighted by atomic mass is 32.2. The lowest BCUT2D eigenvalue weighted by atomic mass is 10.2. The summed E-state index contributed by atoms with van der Waals surface area (Å²) in [6.45, 7) is 5.71. The molecule has 0 heterocycles. The van der Waals surface area contributed by atoms with Gasteiger partial charge in [0.25, 0.3) is 5.91 Å². The third-order valence-corrected chi connectivity index (χ3v) is 4.20. The molecule has 0 aromatic heterocycles. The van der Waals surface area contributed by atoms with Crippen LogP contribution in [0.25, 0.3) is 0 Å². The summed E-state index contributed by atoms with van der Waals surface area (Å²) in [5.74, 6) is -0.138. The summed E-state index contributed by atoms with van der Waals surface area (Å²) in [6, 6.07) is 5.32. The summed E-state index contributed by atoms with van der Waals surface area (Å²) in [6.07, 6.45) is 0. The van der Waals surface area contributed by atoms with E-state index in [0.29, 0.717) is 12.1 Å². The molecule has 0 aliphatic rings. The topological polar surface area (TPSA) is 95.5 Å². The van der Waals surface area contributed by atoms with Crippen LogP contribution >= 0.6 is 0 Å². The van der Waals surface area contributed by atoms with Crippen molar-refractivity contribution in [3.05, 3.63) is 29.8 Å². The number of hydrogen-bond donors (Lipinski definition) is 3. The fourth-order valence-electron chi connectivity index (χ4n) is 1.50. The summed E-state index contributed by atoms with van der Waals surface area (Å²) in [4.78, 5) is 11.9. The van der Waals surface area contributed by atoms with Gasteiger partial charge in [-0.1, -0.05) is 13.8 Å². The van der Waals surface area contributed by atoms with E-state index in [4.69, 9.17) is 5.11 Å². The molecule has 0 saturated carbocycles. The lowest BCUT2D eigenvalue weighted by Crippen LogP contribution is -2.35. The first-order chi connectivity index (χ1) is 9.76. The Bertz CT molecular complexity index is 567. The minimum atomic E-state index is -3.55. The first-order valence-corrected chi connectivity index (χ1v) is 8.26. The molecule has 1 amide bonds. The summed E-state index contributed by atoms with van der Waals surface area (Å²) in [5, 5.41) is 11.5. The molecule has 0 aliphatic heterocycles.